The largest absolute Gasteiger partial charge is 0.490 e. The Morgan fingerprint density at radius 1 is 0.561 bits per heavy atom. The first kappa shape index (κ1) is 30.2. The Kier molecular flexibility index (Phi) is 11.7. The molecule has 1 aromatic heterocycles. The summed E-state index contributed by atoms with van der Waals surface area (Å²) in [5.74, 6) is 3.21. The zero-order valence-electron chi connectivity index (χ0n) is 25.0. The van der Waals surface area contributed by atoms with Gasteiger partial charge in [0.15, 0.2) is 23.0 Å². The lowest BCUT2D eigenvalue weighted by Crippen LogP contribution is -2.07. The maximum atomic E-state index is 6.30. The maximum Gasteiger partial charge on any atom is 0.162 e. The molecule has 0 saturated carbocycles. The van der Waals surface area contributed by atoms with Crippen molar-refractivity contribution in [2.45, 2.75) is 103 Å². The first-order chi connectivity index (χ1) is 20.2. The fourth-order valence-corrected chi connectivity index (χ4v) is 6.19. The molecule has 2 unspecified atom stereocenters. The lowest BCUT2D eigenvalue weighted by molar-refractivity contribution is 0.239. The van der Waals surface area contributed by atoms with Crippen molar-refractivity contribution in [3.8, 4) is 23.0 Å². The van der Waals surface area contributed by atoms with Crippen LogP contribution in [0.5, 0.6) is 23.0 Å². The summed E-state index contributed by atoms with van der Waals surface area (Å²) in [5, 5.41) is 2.30. The Labute approximate surface area is 249 Å². The highest BCUT2D eigenvalue weighted by Gasteiger charge is 2.26. The van der Waals surface area contributed by atoms with E-state index in [-0.39, 0.29) is 12.2 Å². The number of unbranched alkanes of at least 4 members (excludes halogenated alkanes) is 10. The Morgan fingerprint density at radius 3 is 1.37 bits per heavy atom. The average Bonchev–Trinajstić information content (AvgIpc) is 3.92. The Hall–Kier alpha value is -2.22. The molecule has 2 fully saturated rings. The van der Waals surface area contributed by atoms with Crippen molar-refractivity contribution in [1.82, 2.24) is 0 Å². The first-order valence-electron chi connectivity index (χ1n) is 16.0. The van der Waals surface area contributed by atoms with Crippen LogP contribution in [-0.4, -0.2) is 51.8 Å². The van der Waals surface area contributed by atoms with Crippen LogP contribution in [0.3, 0.4) is 0 Å². The molecule has 0 bridgehead atoms. The number of epoxide rings is 2. The molecule has 7 heteroatoms. The molecule has 2 saturated heterocycles. The molecule has 226 valence electrons. The summed E-state index contributed by atoms with van der Waals surface area (Å²) >= 11 is 1.77. The molecule has 0 radical (unpaired) electrons. The van der Waals surface area contributed by atoms with E-state index in [1.165, 1.54) is 73.6 Å². The van der Waals surface area contributed by atoms with Crippen LogP contribution in [0.4, 0.5) is 0 Å². The van der Waals surface area contributed by atoms with E-state index in [1.807, 2.05) is 0 Å². The Balaban J connectivity index is 1.32. The number of hydrogen-bond acceptors (Lipinski definition) is 7. The second-order valence-corrected chi connectivity index (χ2v) is 12.5. The molecule has 0 spiro atoms. The highest BCUT2D eigenvalue weighted by Crippen LogP contribution is 2.45. The second kappa shape index (κ2) is 15.9. The summed E-state index contributed by atoms with van der Waals surface area (Å²) < 4.78 is 38.2. The number of thiophene rings is 1. The number of hydrogen-bond donors (Lipinski definition) is 0. The number of ether oxygens (including phenoxy) is 6. The third kappa shape index (κ3) is 9.39. The topological polar surface area (TPSA) is 62.0 Å². The minimum atomic E-state index is 0.187. The van der Waals surface area contributed by atoms with Gasteiger partial charge in [0.2, 0.25) is 0 Å². The summed E-state index contributed by atoms with van der Waals surface area (Å²) in [5.41, 5.74) is 0. The van der Waals surface area contributed by atoms with E-state index in [2.05, 4.69) is 38.1 Å². The van der Waals surface area contributed by atoms with E-state index in [9.17, 15) is 0 Å². The lowest BCUT2D eigenvalue weighted by atomic mass is 10.1. The van der Waals surface area contributed by atoms with Gasteiger partial charge in [-0.25, -0.2) is 0 Å². The molecule has 0 aliphatic carbocycles. The zero-order valence-corrected chi connectivity index (χ0v) is 25.9. The predicted octanol–water partition coefficient (Wildman–Crippen LogP) is 9.09. The van der Waals surface area contributed by atoms with Gasteiger partial charge in [0.05, 0.1) is 26.4 Å². The van der Waals surface area contributed by atoms with Gasteiger partial charge in [-0.15, -0.1) is 11.3 Å². The third-order valence-electron chi connectivity index (χ3n) is 7.77. The molecule has 3 aromatic rings. The second-order valence-electron chi connectivity index (χ2n) is 11.5. The minimum absolute atomic E-state index is 0.187. The van der Waals surface area contributed by atoms with Crippen molar-refractivity contribution in [3.63, 3.8) is 0 Å². The maximum absolute atomic E-state index is 6.30. The molecule has 41 heavy (non-hydrogen) atoms. The van der Waals surface area contributed by atoms with E-state index < -0.39 is 0 Å². The fourth-order valence-electron chi connectivity index (χ4n) is 5.07. The van der Waals surface area contributed by atoms with Gasteiger partial charge in [-0.05, 0) is 25.0 Å². The molecular formula is C34H48O6S. The minimum Gasteiger partial charge on any atom is -0.490 e. The van der Waals surface area contributed by atoms with E-state index in [4.69, 9.17) is 28.4 Å². The van der Waals surface area contributed by atoms with Crippen molar-refractivity contribution in [3.05, 3.63) is 24.3 Å². The van der Waals surface area contributed by atoms with Crippen LogP contribution in [0.25, 0.3) is 20.2 Å². The molecule has 2 aliphatic rings. The van der Waals surface area contributed by atoms with Crippen molar-refractivity contribution >= 4 is 31.5 Å². The summed E-state index contributed by atoms with van der Waals surface area (Å²) in [6.07, 6.45) is 15.2. The van der Waals surface area contributed by atoms with Crippen LogP contribution >= 0.6 is 11.3 Å². The average molecular weight is 585 g/mol. The summed E-state index contributed by atoms with van der Waals surface area (Å²) in [4.78, 5) is 0. The first-order valence-corrected chi connectivity index (χ1v) is 16.9. The monoisotopic (exact) mass is 584 g/mol. The van der Waals surface area contributed by atoms with Gasteiger partial charge in [-0.3, -0.25) is 0 Å². The van der Waals surface area contributed by atoms with Crippen LogP contribution in [0.1, 0.15) is 90.9 Å². The van der Waals surface area contributed by atoms with Gasteiger partial charge in [-0.1, -0.05) is 78.1 Å². The van der Waals surface area contributed by atoms with Crippen molar-refractivity contribution in [2.75, 3.05) is 39.6 Å². The van der Waals surface area contributed by atoms with Gasteiger partial charge < -0.3 is 28.4 Å². The van der Waals surface area contributed by atoms with E-state index in [0.29, 0.717) is 26.4 Å². The summed E-state index contributed by atoms with van der Waals surface area (Å²) in [7, 11) is 0. The van der Waals surface area contributed by atoms with Crippen LogP contribution in [0.2, 0.25) is 0 Å². The van der Waals surface area contributed by atoms with Gasteiger partial charge in [0.25, 0.3) is 0 Å². The molecular weight excluding hydrogens is 536 g/mol. The fraction of sp³-hybridized carbons (Fsp3) is 0.647. The van der Waals surface area contributed by atoms with Crippen molar-refractivity contribution in [2.24, 2.45) is 0 Å². The number of benzene rings is 2. The van der Waals surface area contributed by atoms with Crippen LogP contribution in [0, 0.1) is 0 Å². The van der Waals surface area contributed by atoms with Crippen LogP contribution < -0.4 is 18.9 Å². The predicted molar refractivity (Wildman–Crippen MR) is 168 cm³/mol. The van der Waals surface area contributed by atoms with Crippen LogP contribution in [-0.2, 0) is 9.47 Å². The molecule has 6 nitrogen and oxygen atoms in total. The summed E-state index contributed by atoms with van der Waals surface area (Å²) in [6.45, 7) is 8.55. The molecule has 2 atom stereocenters. The third-order valence-corrected chi connectivity index (χ3v) is 8.88. The van der Waals surface area contributed by atoms with Gasteiger partial charge in [0, 0.05) is 32.3 Å². The molecule has 0 amide bonds. The molecule has 0 N–H and O–H groups in total. The van der Waals surface area contributed by atoms with Gasteiger partial charge in [-0.2, -0.15) is 0 Å². The molecule has 3 heterocycles. The number of rotatable bonds is 22. The normalized spacial score (nSPS) is 17.7. The molecule has 5 rings (SSSR count). The highest BCUT2D eigenvalue weighted by atomic mass is 32.1. The van der Waals surface area contributed by atoms with E-state index >= 15 is 0 Å². The Morgan fingerprint density at radius 2 is 0.951 bits per heavy atom. The standard InChI is InChI=1S/C34H48O6S/c1-3-5-7-9-11-13-15-35-31-19-33-27(17-29(31)39-23-25-21-37-25)28-18-30(40-24-26-22-38-26)32(20-34(28)41-33)36-16-14-12-10-8-6-4-2/h17-20,25-26H,3-16,21-24H2,1-2H3. The van der Waals surface area contributed by atoms with Gasteiger partial charge >= 0.3 is 0 Å². The van der Waals surface area contributed by atoms with E-state index in [0.717, 1.165) is 59.8 Å². The smallest absolute Gasteiger partial charge is 0.162 e. The molecule has 2 aliphatic heterocycles. The summed E-state index contributed by atoms with van der Waals surface area (Å²) in [6, 6.07) is 8.57. The number of fused-ring (bicyclic) bond motifs is 3. The zero-order chi connectivity index (χ0) is 28.3. The van der Waals surface area contributed by atoms with E-state index in [1.54, 1.807) is 11.3 Å². The SMILES string of the molecule is CCCCCCCCOc1cc2sc3cc(OCCCCCCCC)c(OCC4CO4)cc3c2cc1OCC1CO1. The van der Waals surface area contributed by atoms with Gasteiger partial charge in [0.1, 0.15) is 25.4 Å². The van der Waals surface area contributed by atoms with Crippen LogP contribution in [0.15, 0.2) is 24.3 Å². The lowest BCUT2D eigenvalue weighted by Gasteiger charge is -2.14. The van der Waals surface area contributed by atoms with Crippen molar-refractivity contribution < 1.29 is 28.4 Å². The quantitative estimate of drug-likeness (QED) is 0.0867. The highest BCUT2D eigenvalue weighted by molar-refractivity contribution is 7.25. The molecule has 2 aromatic carbocycles. The van der Waals surface area contributed by atoms with Crippen molar-refractivity contribution in [1.29, 1.82) is 0 Å². The Bertz CT molecular complexity index is 1120.